The van der Waals surface area contributed by atoms with E-state index in [0.29, 0.717) is 0 Å². The second kappa shape index (κ2) is 18.1. The Balaban J connectivity index is 0. The standard InChI is InChI=1S/Co.Cu.Fe.In. The van der Waals surface area contributed by atoms with Crippen LogP contribution in [0.4, 0.5) is 0 Å². The van der Waals surface area contributed by atoms with Gasteiger partial charge in [-0.15, -0.1) is 0 Å². The first kappa shape index (κ1) is 32.2. The molecule has 0 aromatic carbocycles. The summed E-state index contributed by atoms with van der Waals surface area (Å²) >= 11 is 0. The molecule has 4 heavy (non-hydrogen) atoms. The van der Waals surface area contributed by atoms with Gasteiger partial charge in [0.1, 0.15) is 0 Å². The molecule has 0 N–H and O–H groups in total. The first-order chi connectivity index (χ1) is 0. The van der Waals surface area contributed by atoms with Crippen molar-refractivity contribution in [3.63, 3.8) is 0 Å². The Morgan fingerprint density at radius 3 is 1.00 bits per heavy atom. The number of hydrogen-bond donors (Lipinski definition) is 0. The van der Waals surface area contributed by atoms with E-state index in [1.807, 2.05) is 0 Å². The van der Waals surface area contributed by atoms with Crippen molar-refractivity contribution in [2.45, 2.75) is 0 Å². The van der Waals surface area contributed by atoms with E-state index in [1.54, 1.807) is 0 Å². The summed E-state index contributed by atoms with van der Waals surface area (Å²) in [6.07, 6.45) is 0. The fourth-order valence-corrected chi connectivity index (χ4v) is 0. The van der Waals surface area contributed by atoms with Crippen LogP contribution in [0.5, 0.6) is 0 Å². The van der Waals surface area contributed by atoms with Crippen LogP contribution < -0.4 is 0 Å². The largest absolute Gasteiger partial charge is 0 e. The molecule has 0 unspecified atom stereocenters. The van der Waals surface area contributed by atoms with Gasteiger partial charge in [0.05, 0.1) is 0 Å². The fraction of sp³-hybridized carbons (Fsp3) is 0. The quantitative estimate of drug-likeness (QED) is 0.534. The van der Waals surface area contributed by atoms with Crippen molar-refractivity contribution in [2.24, 2.45) is 0 Å². The van der Waals surface area contributed by atoms with Crippen LogP contribution in [0, 0.1) is 0 Å². The van der Waals surface area contributed by atoms with Gasteiger partial charge < -0.3 is 0 Å². The smallest absolute Gasteiger partial charge is 0 e. The van der Waals surface area contributed by atoms with Crippen molar-refractivity contribution in [3.8, 4) is 0 Å². The Bertz CT molecular complexity index is 8.00. The van der Waals surface area contributed by atoms with Gasteiger partial charge in [0.25, 0.3) is 0 Å². The van der Waals surface area contributed by atoms with Gasteiger partial charge in [0, 0.05) is 76.8 Å². The molecule has 0 aliphatic heterocycles. The Morgan fingerprint density at radius 1 is 1.00 bits per heavy atom. The number of rotatable bonds is 0. The van der Waals surface area contributed by atoms with Crippen LogP contribution in [-0.4, -0.2) is 25.8 Å². The second-order valence-corrected chi connectivity index (χ2v) is 0. The Morgan fingerprint density at radius 2 is 1.00 bits per heavy atom. The second-order valence-electron chi connectivity index (χ2n) is 0. The maximum absolute atomic E-state index is 0. The average molecular weight is 293 g/mol. The van der Waals surface area contributed by atoms with Crippen LogP contribution in [0.25, 0.3) is 0 Å². The molecule has 0 aromatic heterocycles. The zero-order valence-corrected chi connectivity index (χ0v) is 7.95. The van der Waals surface area contributed by atoms with Gasteiger partial charge in [-0.25, -0.2) is 0 Å². The molecule has 0 spiro atoms. The van der Waals surface area contributed by atoms with Crippen molar-refractivity contribution in [1.29, 1.82) is 0 Å². The minimum absolute atomic E-state index is 0. The summed E-state index contributed by atoms with van der Waals surface area (Å²) in [5.74, 6) is 0. The maximum Gasteiger partial charge on any atom is 0 e. The molecule has 0 rings (SSSR count). The number of hydrogen-bond acceptors (Lipinski definition) is 0. The predicted octanol–water partition coefficient (Wildman–Crippen LogP) is -0.388. The third-order valence-corrected chi connectivity index (χ3v) is 0. The molecule has 5 radical (unpaired) electrons. The molecule has 0 aliphatic rings. The molecule has 0 bridgehead atoms. The topological polar surface area (TPSA) is 0 Å². The third kappa shape index (κ3) is 8.83. The van der Waals surface area contributed by atoms with Gasteiger partial charge in [-0.3, -0.25) is 0 Å². The molecule has 0 saturated heterocycles. The zero-order valence-electron chi connectivity index (χ0n) is 1.57. The van der Waals surface area contributed by atoms with Gasteiger partial charge in [0.2, 0.25) is 0 Å². The van der Waals surface area contributed by atoms with Crippen LogP contribution in [0.3, 0.4) is 0 Å². The van der Waals surface area contributed by atoms with E-state index in [-0.39, 0.29) is 76.8 Å². The Labute approximate surface area is 75.8 Å². The van der Waals surface area contributed by atoms with Gasteiger partial charge in [-0.05, 0) is 0 Å². The van der Waals surface area contributed by atoms with E-state index in [1.165, 1.54) is 0 Å². The molecule has 0 aromatic rings. The molecule has 0 fully saturated rings. The van der Waals surface area contributed by atoms with Crippen LogP contribution in [0.2, 0.25) is 0 Å². The van der Waals surface area contributed by atoms with Gasteiger partial charge in [0.15, 0.2) is 0 Å². The van der Waals surface area contributed by atoms with Crippen molar-refractivity contribution in [3.05, 3.63) is 0 Å². The molecular weight excluding hydrogens is 293 g/mol. The van der Waals surface area contributed by atoms with Crippen LogP contribution in [0.15, 0.2) is 0 Å². The summed E-state index contributed by atoms with van der Waals surface area (Å²) in [5, 5.41) is 0. The fourth-order valence-electron chi connectivity index (χ4n) is 0. The normalized spacial score (nSPS) is 0. The van der Waals surface area contributed by atoms with Crippen LogP contribution >= 0.6 is 0 Å². The Kier molecular flexibility index (Phi) is 146. The van der Waals surface area contributed by atoms with Gasteiger partial charge >= 0.3 is 0 Å². The molecule has 4 heteroatoms. The maximum atomic E-state index is 0. The van der Waals surface area contributed by atoms with Crippen LogP contribution in [0.1, 0.15) is 0 Å². The van der Waals surface area contributed by atoms with E-state index in [4.69, 9.17) is 0 Å². The van der Waals surface area contributed by atoms with E-state index in [2.05, 4.69) is 0 Å². The summed E-state index contributed by atoms with van der Waals surface area (Å²) in [6, 6.07) is 0. The predicted molar refractivity (Wildman–Crippen MR) is 5.75 cm³/mol. The van der Waals surface area contributed by atoms with Crippen molar-refractivity contribution in [1.82, 2.24) is 0 Å². The molecule has 0 aliphatic carbocycles. The van der Waals surface area contributed by atoms with Crippen molar-refractivity contribution in [2.75, 3.05) is 0 Å². The summed E-state index contributed by atoms with van der Waals surface area (Å²) in [6.45, 7) is 0. The molecule has 31 valence electrons. The molecular formula is CoCuFeIn. The summed E-state index contributed by atoms with van der Waals surface area (Å²) in [5.41, 5.74) is 0. The summed E-state index contributed by atoms with van der Waals surface area (Å²) in [4.78, 5) is 0. The monoisotopic (exact) mass is 293 g/mol. The summed E-state index contributed by atoms with van der Waals surface area (Å²) < 4.78 is 0. The SMILES string of the molecule is [Co].[Cu].[Fe].[In]. The van der Waals surface area contributed by atoms with E-state index in [0.717, 1.165) is 0 Å². The first-order valence-corrected chi connectivity index (χ1v) is 0. The third-order valence-electron chi connectivity index (χ3n) is 0. The van der Waals surface area contributed by atoms with Crippen molar-refractivity contribution >= 4 is 25.8 Å². The van der Waals surface area contributed by atoms with E-state index < -0.39 is 0 Å². The minimum Gasteiger partial charge on any atom is 0 e. The van der Waals surface area contributed by atoms with E-state index >= 15 is 0 Å². The summed E-state index contributed by atoms with van der Waals surface area (Å²) in [7, 11) is 0. The van der Waals surface area contributed by atoms with Crippen LogP contribution in [-0.2, 0) is 50.9 Å². The Hall–Kier alpha value is 2.42. The first-order valence-electron chi connectivity index (χ1n) is 0. The van der Waals surface area contributed by atoms with Gasteiger partial charge in [-0.2, -0.15) is 0 Å². The molecule has 0 heterocycles. The molecule has 0 atom stereocenters. The zero-order chi connectivity index (χ0) is 0. The molecule has 0 saturated carbocycles. The van der Waals surface area contributed by atoms with Crippen molar-refractivity contribution < 1.29 is 50.9 Å². The van der Waals surface area contributed by atoms with E-state index in [9.17, 15) is 0 Å². The van der Waals surface area contributed by atoms with Gasteiger partial charge in [-0.1, -0.05) is 0 Å². The minimum atomic E-state index is 0. The molecule has 0 nitrogen and oxygen atoms in total. The average Bonchev–Trinajstić information content (AvgIpc) is 0. The molecule has 0 amide bonds.